The first-order valence-corrected chi connectivity index (χ1v) is 5.63. The minimum absolute atomic E-state index is 0.0530. The van der Waals surface area contributed by atoms with Crippen molar-refractivity contribution in [1.29, 1.82) is 0 Å². The van der Waals surface area contributed by atoms with Gasteiger partial charge in [-0.05, 0) is 39.0 Å². The number of carbonyl (C=O) groups is 2. The number of carbonyl (C=O) groups excluding carboxylic acids is 1. The second-order valence-corrected chi connectivity index (χ2v) is 4.20. The lowest BCUT2D eigenvalue weighted by molar-refractivity contribution is -0.131. The van der Waals surface area contributed by atoms with Gasteiger partial charge in [0.2, 0.25) is 0 Å². The average Bonchev–Trinajstić information content (AvgIpc) is 2.27. The molecule has 0 heterocycles. The van der Waals surface area contributed by atoms with E-state index in [1.807, 2.05) is 26.8 Å². The van der Waals surface area contributed by atoms with Gasteiger partial charge in [-0.1, -0.05) is 11.6 Å². The van der Waals surface area contributed by atoms with E-state index < -0.39 is 5.97 Å². The molecule has 1 rings (SSSR count). The molecule has 1 aromatic rings. The molecule has 96 valence electrons. The van der Waals surface area contributed by atoms with Gasteiger partial charge in [-0.2, -0.15) is 0 Å². The summed E-state index contributed by atoms with van der Waals surface area (Å²) in [7, 11) is 0. The summed E-state index contributed by atoms with van der Waals surface area (Å²) in [5, 5.41) is 8.51. The van der Waals surface area contributed by atoms with Crippen LogP contribution in [0.4, 0.5) is 0 Å². The van der Waals surface area contributed by atoms with Crippen LogP contribution < -0.4 is 4.74 Å². The molecule has 0 saturated carbocycles. The zero-order valence-corrected chi connectivity index (χ0v) is 10.6. The van der Waals surface area contributed by atoms with E-state index in [-0.39, 0.29) is 11.9 Å². The van der Waals surface area contributed by atoms with E-state index in [0.29, 0.717) is 11.3 Å². The molecule has 0 aromatic heterocycles. The van der Waals surface area contributed by atoms with Crippen LogP contribution in [0, 0.1) is 6.92 Å². The molecule has 0 aliphatic carbocycles. The number of aliphatic carboxylic acids is 1. The monoisotopic (exact) mass is 248 g/mol. The Morgan fingerprint density at radius 3 is 2.50 bits per heavy atom. The van der Waals surface area contributed by atoms with E-state index in [0.717, 1.165) is 17.7 Å². The lowest BCUT2D eigenvalue weighted by Gasteiger charge is -2.13. The van der Waals surface area contributed by atoms with Gasteiger partial charge in [-0.25, -0.2) is 4.79 Å². The van der Waals surface area contributed by atoms with Crippen LogP contribution in [-0.2, 0) is 4.79 Å². The molecule has 0 fully saturated rings. The molecule has 0 aliphatic rings. The van der Waals surface area contributed by atoms with Gasteiger partial charge in [0.25, 0.3) is 0 Å². The van der Waals surface area contributed by atoms with Gasteiger partial charge in [-0.3, -0.25) is 4.79 Å². The first-order chi connectivity index (χ1) is 8.40. The van der Waals surface area contributed by atoms with Crippen molar-refractivity contribution in [2.75, 3.05) is 0 Å². The van der Waals surface area contributed by atoms with E-state index in [4.69, 9.17) is 9.84 Å². The second kappa shape index (κ2) is 6.00. The molecule has 1 N–H and O–H groups in total. The highest BCUT2D eigenvalue weighted by Crippen LogP contribution is 2.22. The SMILES string of the molecule is Cc1ccc(OC(C)C)c(C(=O)/C=C/C(=O)O)c1. The van der Waals surface area contributed by atoms with E-state index in [1.54, 1.807) is 12.1 Å². The van der Waals surface area contributed by atoms with Crippen LogP contribution in [0.2, 0.25) is 0 Å². The van der Waals surface area contributed by atoms with Gasteiger partial charge < -0.3 is 9.84 Å². The van der Waals surface area contributed by atoms with Crippen LogP contribution in [0.1, 0.15) is 29.8 Å². The molecule has 0 aliphatic heterocycles. The molecule has 4 heteroatoms. The maximum Gasteiger partial charge on any atom is 0.328 e. The molecular weight excluding hydrogens is 232 g/mol. The standard InChI is InChI=1S/C14H16O4/c1-9(2)18-13-6-4-10(3)8-11(13)12(15)5-7-14(16)17/h4-9H,1-3H3,(H,16,17)/b7-5+. The first kappa shape index (κ1) is 14.0. The summed E-state index contributed by atoms with van der Waals surface area (Å²) in [6.45, 7) is 5.58. The van der Waals surface area contributed by atoms with Gasteiger partial charge in [0.1, 0.15) is 5.75 Å². The average molecular weight is 248 g/mol. The highest BCUT2D eigenvalue weighted by molar-refractivity contribution is 6.08. The molecule has 0 radical (unpaired) electrons. The largest absolute Gasteiger partial charge is 0.490 e. The Morgan fingerprint density at radius 2 is 1.94 bits per heavy atom. The van der Waals surface area contributed by atoms with Gasteiger partial charge in [0, 0.05) is 6.08 Å². The summed E-state index contributed by atoms with van der Waals surface area (Å²) >= 11 is 0. The number of hydrogen-bond donors (Lipinski definition) is 1. The molecule has 4 nitrogen and oxygen atoms in total. The topological polar surface area (TPSA) is 63.6 Å². The van der Waals surface area contributed by atoms with Crippen molar-refractivity contribution in [3.63, 3.8) is 0 Å². The van der Waals surface area contributed by atoms with Crippen LogP contribution in [0.3, 0.4) is 0 Å². The summed E-state index contributed by atoms with van der Waals surface area (Å²) in [5.41, 5.74) is 1.29. The number of carboxylic acid groups (broad SMARTS) is 1. The lowest BCUT2D eigenvalue weighted by Crippen LogP contribution is -2.09. The molecule has 0 atom stereocenters. The maximum absolute atomic E-state index is 11.9. The number of allylic oxidation sites excluding steroid dienone is 1. The fourth-order valence-corrected chi connectivity index (χ4v) is 1.43. The van der Waals surface area contributed by atoms with Crippen LogP contribution >= 0.6 is 0 Å². The third kappa shape index (κ3) is 4.05. The van der Waals surface area contributed by atoms with Gasteiger partial charge in [-0.15, -0.1) is 0 Å². The number of aryl methyl sites for hydroxylation is 1. The van der Waals surface area contributed by atoms with Gasteiger partial charge in [0.15, 0.2) is 5.78 Å². The molecule has 0 amide bonds. The third-order valence-electron chi connectivity index (χ3n) is 2.14. The molecule has 0 bridgehead atoms. The quantitative estimate of drug-likeness (QED) is 0.642. The Labute approximate surface area is 106 Å². The van der Waals surface area contributed by atoms with E-state index in [2.05, 4.69) is 0 Å². The summed E-state index contributed by atoms with van der Waals surface area (Å²) in [4.78, 5) is 22.3. The van der Waals surface area contributed by atoms with Crippen molar-refractivity contribution in [3.05, 3.63) is 41.5 Å². The number of hydrogen-bond acceptors (Lipinski definition) is 3. The van der Waals surface area contributed by atoms with Crippen LogP contribution in [0.25, 0.3) is 0 Å². The molecule has 18 heavy (non-hydrogen) atoms. The number of ether oxygens (including phenoxy) is 1. The Morgan fingerprint density at radius 1 is 1.28 bits per heavy atom. The van der Waals surface area contributed by atoms with Gasteiger partial charge >= 0.3 is 5.97 Å². The molecule has 0 unspecified atom stereocenters. The maximum atomic E-state index is 11.9. The Hall–Kier alpha value is -2.10. The summed E-state index contributed by atoms with van der Waals surface area (Å²) < 4.78 is 5.53. The minimum atomic E-state index is -1.15. The Bertz CT molecular complexity index is 487. The fraction of sp³-hybridized carbons (Fsp3) is 0.286. The van der Waals surface area contributed by atoms with E-state index in [1.165, 1.54) is 0 Å². The van der Waals surface area contributed by atoms with Crippen molar-refractivity contribution in [1.82, 2.24) is 0 Å². The predicted octanol–water partition coefficient (Wildman–Crippen LogP) is 2.61. The Balaban J connectivity index is 3.08. The zero-order valence-electron chi connectivity index (χ0n) is 10.6. The zero-order chi connectivity index (χ0) is 13.7. The fourth-order valence-electron chi connectivity index (χ4n) is 1.43. The smallest absolute Gasteiger partial charge is 0.328 e. The van der Waals surface area contributed by atoms with Crippen molar-refractivity contribution >= 4 is 11.8 Å². The number of carboxylic acids is 1. The molecule has 0 saturated heterocycles. The Kier molecular flexibility index (Phi) is 4.66. The summed E-state index contributed by atoms with van der Waals surface area (Å²) in [5.74, 6) is -1.06. The molecule has 0 spiro atoms. The van der Waals surface area contributed by atoms with E-state index in [9.17, 15) is 9.59 Å². The number of benzene rings is 1. The minimum Gasteiger partial charge on any atom is -0.490 e. The van der Waals surface area contributed by atoms with Crippen molar-refractivity contribution in [2.24, 2.45) is 0 Å². The van der Waals surface area contributed by atoms with Crippen molar-refractivity contribution < 1.29 is 19.4 Å². The third-order valence-corrected chi connectivity index (χ3v) is 2.14. The van der Waals surface area contributed by atoms with Gasteiger partial charge in [0.05, 0.1) is 11.7 Å². The lowest BCUT2D eigenvalue weighted by atomic mass is 10.1. The predicted molar refractivity (Wildman–Crippen MR) is 68.0 cm³/mol. The van der Waals surface area contributed by atoms with Crippen molar-refractivity contribution in [3.8, 4) is 5.75 Å². The molecule has 1 aromatic carbocycles. The highest BCUT2D eigenvalue weighted by atomic mass is 16.5. The van der Waals surface area contributed by atoms with Crippen LogP contribution in [0.15, 0.2) is 30.4 Å². The normalized spacial score (nSPS) is 10.9. The summed E-state index contributed by atoms with van der Waals surface area (Å²) in [6, 6.07) is 5.25. The summed E-state index contributed by atoms with van der Waals surface area (Å²) in [6.07, 6.45) is 1.80. The number of rotatable bonds is 5. The highest BCUT2D eigenvalue weighted by Gasteiger charge is 2.12. The van der Waals surface area contributed by atoms with Crippen molar-refractivity contribution in [2.45, 2.75) is 26.9 Å². The first-order valence-electron chi connectivity index (χ1n) is 5.63. The second-order valence-electron chi connectivity index (χ2n) is 4.20. The van der Waals surface area contributed by atoms with Crippen LogP contribution in [0.5, 0.6) is 5.75 Å². The van der Waals surface area contributed by atoms with Crippen LogP contribution in [-0.4, -0.2) is 23.0 Å². The number of ketones is 1. The van der Waals surface area contributed by atoms with E-state index >= 15 is 0 Å². The molecular formula is C14H16O4.